The minimum atomic E-state index is -0.260. The van der Waals surface area contributed by atoms with Gasteiger partial charge in [0.2, 0.25) is 5.91 Å². The van der Waals surface area contributed by atoms with Gasteiger partial charge in [-0.3, -0.25) is 4.79 Å². The first-order valence-corrected chi connectivity index (χ1v) is 13.0. The lowest BCUT2D eigenvalue weighted by molar-refractivity contribution is -0.113. The zero-order valence-electron chi connectivity index (χ0n) is 19.8. The molecule has 0 saturated carbocycles. The number of thioether (sulfide) groups is 1. The molecule has 3 rings (SSSR count). The van der Waals surface area contributed by atoms with Gasteiger partial charge >= 0.3 is 0 Å². The number of nitrogens with zero attached hydrogens (tertiary/aromatic N) is 3. The summed E-state index contributed by atoms with van der Waals surface area (Å²) in [5.74, 6) is 2.02. The van der Waals surface area contributed by atoms with Crippen LogP contribution >= 0.6 is 27.7 Å². The molecule has 0 fully saturated rings. The summed E-state index contributed by atoms with van der Waals surface area (Å²) in [6.07, 6.45) is 0.735. The van der Waals surface area contributed by atoms with Crippen molar-refractivity contribution in [3.05, 3.63) is 63.9 Å². The van der Waals surface area contributed by atoms with Gasteiger partial charge in [0.05, 0.1) is 5.75 Å². The highest BCUT2D eigenvalue weighted by molar-refractivity contribution is 9.10. The van der Waals surface area contributed by atoms with Gasteiger partial charge in [-0.25, -0.2) is 0 Å². The molecule has 0 aliphatic heterocycles. The Morgan fingerprint density at radius 2 is 1.85 bits per heavy atom. The maximum atomic E-state index is 12.7. The Morgan fingerprint density at radius 1 is 1.12 bits per heavy atom. The Morgan fingerprint density at radius 3 is 2.48 bits per heavy atom. The largest absolute Gasteiger partial charge is 0.483 e. The number of hydrogen-bond acceptors (Lipinski definition) is 5. The summed E-state index contributed by atoms with van der Waals surface area (Å²) in [5.41, 5.74) is 3.21. The van der Waals surface area contributed by atoms with Gasteiger partial charge in [0.25, 0.3) is 0 Å². The smallest absolute Gasteiger partial charge is 0.234 e. The number of hydrogen-bond donors (Lipinski definition) is 1. The maximum Gasteiger partial charge on any atom is 0.234 e. The summed E-state index contributed by atoms with van der Waals surface area (Å²) in [6.45, 7) is 11.0. The molecule has 0 bridgehead atoms. The van der Waals surface area contributed by atoms with Crippen molar-refractivity contribution < 1.29 is 9.53 Å². The van der Waals surface area contributed by atoms with E-state index in [2.05, 4.69) is 64.3 Å². The second-order valence-corrected chi connectivity index (χ2v) is 9.92. The van der Waals surface area contributed by atoms with Crippen molar-refractivity contribution in [2.75, 3.05) is 11.1 Å². The molecule has 8 heteroatoms. The minimum Gasteiger partial charge on any atom is -0.483 e. The van der Waals surface area contributed by atoms with Gasteiger partial charge in [0.1, 0.15) is 5.75 Å². The van der Waals surface area contributed by atoms with Gasteiger partial charge in [-0.15, -0.1) is 10.2 Å². The fourth-order valence-corrected chi connectivity index (χ4v) is 4.69. The number of nitrogens with one attached hydrogen (secondary N) is 1. The van der Waals surface area contributed by atoms with E-state index in [-0.39, 0.29) is 17.8 Å². The topological polar surface area (TPSA) is 69.0 Å². The second-order valence-electron chi connectivity index (χ2n) is 8.07. The molecule has 0 unspecified atom stereocenters. The summed E-state index contributed by atoms with van der Waals surface area (Å²) < 4.78 is 9.09. The molecule has 0 spiro atoms. The van der Waals surface area contributed by atoms with Crippen LogP contribution in [0.2, 0.25) is 0 Å². The van der Waals surface area contributed by atoms with Crippen molar-refractivity contribution in [2.45, 2.75) is 64.8 Å². The van der Waals surface area contributed by atoms with E-state index in [4.69, 9.17) is 4.74 Å². The summed E-state index contributed by atoms with van der Waals surface area (Å²) >= 11 is 4.88. The minimum absolute atomic E-state index is 0.0725. The van der Waals surface area contributed by atoms with Crippen LogP contribution in [0.5, 0.6) is 5.75 Å². The molecule has 6 nitrogen and oxygen atoms in total. The molecular formula is C25H31BrN4O2S. The summed E-state index contributed by atoms with van der Waals surface area (Å²) in [4.78, 5) is 12.7. The average molecular weight is 532 g/mol. The molecule has 1 amide bonds. The predicted octanol–water partition coefficient (Wildman–Crippen LogP) is 6.62. The Hall–Kier alpha value is -2.32. The van der Waals surface area contributed by atoms with Crippen LogP contribution in [0.1, 0.15) is 63.6 Å². The molecule has 176 valence electrons. The normalized spacial score (nSPS) is 12.1. The fourth-order valence-electron chi connectivity index (χ4n) is 3.51. The quantitative estimate of drug-likeness (QED) is 0.298. The number of ether oxygens (including phenoxy) is 1. The molecule has 1 aromatic heterocycles. The van der Waals surface area contributed by atoms with Crippen LogP contribution in [-0.2, 0) is 17.8 Å². The van der Waals surface area contributed by atoms with Crippen molar-refractivity contribution >= 4 is 39.3 Å². The summed E-state index contributed by atoms with van der Waals surface area (Å²) in [6, 6.07) is 14.0. The van der Waals surface area contributed by atoms with Gasteiger partial charge < -0.3 is 14.6 Å². The third-order valence-electron chi connectivity index (χ3n) is 5.31. The molecule has 0 saturated heterocycles. The predicted molar refractivity (Wildman–Crippen MR) is 138 cm³/mol. The molecule has 0 radical (unpaired) electrons. The third kappa shape index (κ3) is 6.60. The van der Waals surface area contributed by atoms with E-state index >= 15 is 0 Å². The number of aromatic nitrogens is 3. The molecule has 33 heavy (non-hydrogen) atoms. The van der Waals surface area contributed by atoms with E-state index in [1.165, 1.54) is 17.3 Å². The highest BCUT2D eigenvalue weighted by Crippen LogP contribution is 2.29. The first-order valence-electron chi connectivity index (χ1n) is 11.2. The number of carbonyl (C=O) groups excluding carboxylic acids is 1. The third-order valence-corrected chi connectivity index (χ3v) is 6.77. The van der Waals surface area contributed by atoms with Crippen molar-refractivity contribution in [1.29, 1.82) is 0 Å². The highest BCUT2D eigenvalue weighted by atomic mass is 79.9. The van der Waals surface area contributed by atoms with Gasteiger partial charge in [0, 0.05) is 16.7 Å². The number of halogens is 1. The van der Waals surface area contributed by atoms with Gasteiger partial charge in [0.15, 0.2) is 17.1 Å². The molecule has 0 aliphatic rings. The van der Waals surface area contributed by atoms with E-state index in [9.17, 15) is 4.79 Å². The van der Waals surface area contributed by atoms with Gasteiger partial charge in [-0.05, 0) is 67.6 Å². The van der Waals surface area contributed by atoms with Gasteiger partial charge in [-0.1, -0.05) is 60.6 Å². The van der Waals surface area contributed by atoms with Crippen LogP contribution < -0.4 is 10.1 Å². The number of carbonyl (C=O) groups is 1. The van der Waals surface area contributed by atoms with Crippen LogP contribution in [0.25, 0.3) is 0 Å². The standard InChI is InChI=1S/C25H31BrN4O2S/c1-6-18-8-11-20(12-9-18)32-17(5)24-28-29-25(30(24)7-2)33-15-23(31)27-22-13-10-19(26)14-21(22)16(3)4/h8-14,16-17H,6-7,15H2,1-5H3,(H,27,31)/t17-/m0/s1. The van der Waals surface area contributed by atoms with Crippen LogP contribution in [-0.4, -0.2) is 26.4 Å². The molecule has 3 aromatic rings. The van der Waals surface area contributed by atoms with Crippen LogP contribution in [0, 0.1) is 0 Å². The SMILES string of the molecule is CCc1ccc(O[C@@H](C)c2nnc(SCC(=O)Nc3ccc(Br)cc3C(C)C)n2CC)cc1. The fraction of sp³-hybridized carbons (Fsp3) is 0.400. The molecule has 2 aromatic carbocycles. The summed E-state index contributed by atoms with van der Waals surface area (Å²) in [7, 11) is 0. The van der Waals surface area contributed by atoms with E-state index in [0.717, 1.165) is 33.7 Å². The molecule has 1 atom stereocenters. The Balaban J connectivity index is 1.64. The summed E-state index contributed by atoms with van der Waals surface area (Å²) in [5, 5.41) is 12.4. The second kappa shape index (κ2) is 11.7. The first kappa shape index (κ1) is 25.3. The van der Waals surface area contributed by atoms with E-state index in [0.29, 0.717) is 17.6 Å². The maximum absolute atomic E-state index is 12.7. The Labute approximate surface area is 208 Å². The van der Waals surface area contributed by atoms with Crippen molar-refractivity contribution in [3.63, 3.8) is 0 Å². The average Bonchev–Trinajstić information content (AvgIpc) is 3.22. The highest BCUT2D eigenvalue weighted by Gasteiger charge is 2.20. The number of anilines is 1. The van der Waals surface area contributed by atoms with E-state index in [1.54, 1.807) is 0 Å². The van der Waals surface area contributed by atoms with E-state index in [1.807, 2.05) is 48.7 Å². The molecular weight excluding hydrogens is 500 g/mol. The van der Waals surface area contributed by atoms with Crippen molar-refractivity contribution in [3.8, 4) is 5.75 Å². The van der Waals surface area contributed by atoms with Crippen LogP contribution in [0.15, 0.2) is 52.1 Å². The number of benzene rings is 2. The Kier molecular flexibility index (Phi) is 8.97. The number of rotatable bonds is 10. The van der Waals surface area contributed by atoms with Crippen LogP contribution in [0.3, 0.4) is 0 Å². The van der Waals surface area contributed by atoms with Crippen molar-refractivity contribution in [2.24, 2.45) is 0 Å². The van der Waals surface area contributed by atoms with Gasteiger partial charge in [-0.2, -0.15) is 0 Å². The zero-order valence-corrected chi connectivity index (χ0v) is 22.2. The number of amides is 1. The van der Waals surface area contributed by atoms with Crippen molar-refractivity contribution in [1.82, 2.24) is 14.8 Å². The lowest BCUT2D eigenvalue weighted by atomic mass is 10.0. The lowest BCUT2D eigenvalue weighted by Gasteiger charge is -2.16. The zero-order chi connectivity index (χ0) is 24.0. The Bertz CT molecular complexity index is 1080. The monoisotopic (exact) mass is 530 g/mol. The molecule has 1 N–H and O–H groups in total. The van der Waals surface area contributed by atoms with E-state index < -0.39 is 0 Å². The lowest BCUT2D eigenvalue weighted by Crippen LogP contribution is -2.16. The van der Waals surface area contributed by atoms with Crippen LogP contribution in [0.4, 0.5) is 5.69 Å². The molecule has 1 heterocycles. The first-order chi connectivity index (χ1) is 15.8. The number of aryl methyl sites for hydroxylation is 1. The molecule has 0 aliphatic carbocycles.